The van der Waals surface area contributed by atoms with Crippen molar-refractivity contribution in [3.8, 4) is 5.75 Å². The Balaban J connectivity index is 1.75. The number of benzene rings is 1. The Morgan fingerprint density at radius 2 is 1.96 bits per heavy atom. The minimum atomic E-state index is -0.315. The van der Waals surface area contributed by atoms with Crippen LogP contribution in [0.15, 0.2) is 53.5 Å². The van der Waals surface area contributed by atoms with Crippen molar-refractivity contribution >= 4 is 11.6 Å². The number of ether oxygens (including phenoxy) is 1. The largest absolute Gasteiger partial charge is 0.497 e. The molecule has 0 aliphatic carbocycles. The van der Waals surface area contributed by atoms with E-state index in [9.17, 15) is 9.59 Å². The SMILES string of the molecule is CCN(Cc1ccc(OC)cc1)C(=O)Cn1nc2ccccn2c1=O. The molecule has 2 aromatic heterocycles. The van der Waals surface area contributed by atoms with Crippen molar-refractivity contribution in [2.45, 2.75) is 20.0 Å². The monoisotopic (exact) mass is 340 g/mol. The molecule has 130 valence electrons. The number of amides is 1. The maximum Gasteiger partial charge on any atom is 0.350 e. The fraction of sp³-hybridized carbons (Fsp3) is 0.278. The van der Waals surface area contributed by atoms with Crippen molar-refractivity contribution in [1.29, 1.82) is 0 Å². The highest BCUT2D eigenvalue weighted by Crippen LogP contribution is 2.13. The molecule has 1 aromatic carbocycles. The number of nitrogens with zero attached hydrogens (tertiary/aromatic N) is 4. The van der Waals surface area contributed by atoms with E-state index in [1.54, 1.807) is 36.4 Å². The van der Waals surface area contributed by atoms with E-state index < -0.39 is 0 Å². The zero-order chi connectivity index (χ0) is 17.8. The van der Waals surface area contributed by atoms with Crippen molar-refractivity contribution in [1.82, 2.24) is 19.1 Å². The topological polar surface area (TPSA) is 68.8 Å². The van der Waals surface area contributed by atoms with E-state index in [2.05, 4.69) is 5.10 Å². The lowest BCUT2D eigenvalue weighted by Crippen LogP contribution is -2.36. The van der Waals surface area contributed by atoms with Crippen LogP contribution in [0.4, 0.5) is 0 Å². The van der Waals surface area contributed by atoms with Crippen LogP contribution in [-0.4, -0.2) is 38.6 Å². The van der Waals surface area contributed by atoms with E-state index in [1.165, 1.54) is 9.08 Å². The highest BCUT2D eigenvalue weighted by molar-refractivity contribution is 5.75. The number of carbonyl (C=O) groups is 1. The Morgan fingerprint density at radius 1 is 1.20 bits per heavy atom. The van der Waals surface area contributed by atoms with Gasteiger partial charge in [-0.05, 0) is 36.8 Å². The van der Waals surface area contributed by atoms with Crippen LogP contribution in [0.3, 0.4) is 0 Å². The minimum Gasteiger partial charge on any atom is -0.497 e. The average Bonchev–Trinajstić information content (AvgIpc) is 2.96. The number of hydrogen-bond acceptors (Lipinski definition) is 4. The van der Waals surface area contributed by atoms with Gasteiger partial charge in [-0.3, -0.25) is 9.20 Å². The molecule has 0 bridgehead atoms. The summed E-state index contributed by atoms with van der Waals surface area (Å²) in [7, 11) is 1.61. The van der Waals surface area contributed by atoms with Gasteiger partial charge in [0.2, 0.25) is 5.91 Å². The maximum atomic E-state index is 12.6. The van der Waals surface area contributed by atoms with Crippen molar-refractivity contribution in [3.63, 3.8) is 0 Å². The molecular weight excluding hydrogens is 320 g/mol. The van der Waals surface area contributed by atoms with Gasteiger partial charge in [-0.15, -0.1) is 5.10 Å². The molecule has 0 atom stereocenters. The third-order valence-corrected chi connectivity index (χ3v) is 4.04. The molecule has 0 spiro atoms. The number of rotatable bonds is 6. The van der Waals surface area contributed by atoms with E-state index in [-0.39, 0.29) is 18.1 Å². The summed E-state index contributed by atoms with van der Waals surface area (Å²) >= 11 is 0. The summed E-state index contributed by atoms with van der Waals surface area (Å²) < 4.78 is 7.77. The van der Waals surface area contributed by atoms with Crippen molar-refractivity contribution in [2.24, 2.45) is 0 Å². The number of methoxy groups -OCH3 is 1. The Morgan fingerprint density at radius 3 is 2.60 bits per heavy atom. The van der Waals surface area contributed by atoms with Gasteiger partial charge >= 0.3 is 5.69 Å². The van der Waals surface area contributed by atoms with Gasteiger partial charge in [0.25, 0.3) is 0 Å². The van der Waals surface area contributed by atoms with Crippen LogP contribution >= 0.6 is 0 Å². The highest BCUT2D eigenvalue weighted by Gasteiger charge is 2.16. The van der Waals surface area contributed by atoms with Gasteiger partial charge in [-0.25, -0.2) is 9.48 Å². The van der Waals surface area contributed by atoms with E-state index in [0.29, 0.717) is 18.7 Å². The summed E-state index contributed by atoms with van der Waals surface area (Å²) in [5.41, 5.74) is 1.21. The van der Waals surface area contributed by atoms with Crippen LogP contribution in [0, 0.1) is 0 Å². The summed E-state index contributed by atoms with van der Waals surface area (Å²) in [5.74, 6) is 0.623. The molecule has 0 N–H and O–H groups in total. The first-order valence-corrected chi connectivity index (χ1v) is 8.07. The van der Waals surface area contributed by atoms with Gasteiger partial charge in [0.05, 0.1) is 7.11 Å². The fourth-order valence-corrected chi connectivity index (χ4v) is 2.63. The minimum absolute atomic E-state index is 0.0789. The molecule has 1 amide bonds. The van der Waals surface area contributed by atoms with Gasteiger partial charge < -0.3 is 9.64 Å². The van der Waals surface area contributed by atoms with Crippen LogP contribution in [-0.2, 0) is 17.9 Å². The van der Waals surface area contributed by atoms with E-state index in [4.69, 9.17) is 4.74 Å². The van der Waals surface area contributed by atoms with Crippen molar-refractivity contribution in [3.05, 3.63) is 64.7 Å². The zero-order valence-electron chi connectivity index (χ0n) is 14.3. The van der Waals surface area contributed by atoms with E-state index in [1.807, 2.05) is 31.2 Å². The van der Waals surface area contributed by atoms with Crippen LogP contribution in [0.1, 0.15) is 12.5 Å². The number of aromatic nitrogens is 3. The number of fused-ring (bicyclic) bond motifs is 1. The summed E-state index contributed by atoms with van der Waals surface area (Å²) in [6.07, 6.45) is 1.64. The molecule has 0 saturated carbocycles. The Labute approximate surface area is 145 Å². The molecule has 25 heavy (non-hydrogen) atoms. The van der Waals surface area contributed by atoms with Crippen LogP contribution < -0.4 is 10.4 Å². The van der Waals surface area contributed by atoms with E-state index >= 15 is 0 Å². The van der Waals surface area contributed by atoms with E-state index in [0.717, 1.165) is 11.3 Å². The lowest BCUT2D eigenvalue weighted by molar-refractivity contribution is -0.132. The second-order valence-corrected chi connectivity index (χ2v) is 5.63. The first kappa shape index (κ1) is 16.8. The van der Waals surface area contributed by atoms with Gasteiger partial charge in [-0.2, -0.15) is 0 Å². The van der Waals surface area contributed by atoms with Crippen molar-refractivity contribution in [2.75, 3.05) is 13.7 Å². The summed E-state index contributed by atoms with van der Waals surface area (Å²) in [6, 6.07) is 12.9. The fourth-order valence-electron chi connectivity index (χ4n) is 2.63. The number of likely N-dealkylation sites (N-methyl/N-ethyl adjacent to an activating group) is 1. The normalized spacial score (nSPS) is 10.8. The first-order valence-electron chi connectivity index (χ1n) is 8.07. The van der Waals surface area contributed by atoms with Crippen molar-refractivity contribution < 1.29 is 9.53 Å². The average molecular weight is 340 g/mol. The Kier molecular flexibility index (Phi) is 4.83. The maximum absolute atomic E-state index is 12.6. The second-order valence-electron chi connectivity index (χ2n) is 5.63. The van der Waals surface area contributed by atoms with Crippen LogP contribution in [0.5, 0.6) is 5.75 Å². The van der Waals surface area contributed by atoms with Gasteiger partial charge in [-0.1, -0.05) is 18.2 Å². The molecule has 3 aromatic rings. The van der Waals surface area contributed by atoms with Gasteiger partial charge in [0.15, 0.2) is 5.65 Å². The molecule has 7 heteroatoms. The molecule has 0 saturated heterocycles. The Bertz CT molecular complexity index is 927. The summed E-state index contributed by atoms with van der Waals surface area (Å²) in [5, 5.41) is 4.20. The molecule has 0 aliphatic rings. The zero-order valence-corrected chi connectivity index (χ0v) is 14.3. The quantitative estimate of drug-likeness (QED) is 0.683. The summed E-state index contributed by atoms with van der Waals surface area (Å²) in [4.78, 5) is 26.6. The predicted molar refractivity (Wildman–Crippen MR) is 93.5 cm³/mol. The molecule has 0 radical (unpaired) electrons. The predicted octanol–water partition coefficient (Wildman–Crippen LogP) is 1.55. The molecule has 0 aliphatic heterocycles. The summed E-state index contributed by atoms with van der Waals surface area (Å²) in [6.45, 7) is 2.85. The van der Waals surface area contributed by atoms with Crippen LogP contribution in [0.2, 0.25) is 0 Å². The lowest BCUT2D eigenvalue weighted by Gasteiger charge is -2.20. The third-order valence-electron chi connectivity index (χ3n) is 4.04. The second kappa shape index (κ2) is 7.21. The molecular formula is C18H20N4O3. The van der Waals surface area contributed by atoms with Crippen LogP contribution in [0.25, 0.3) is 5.65 Å². The number of hydrogen-bond donors (Lipinski definition) is 0. The Hall–Kier alpha value is -3.09. The number of carbonyl (C=O) groups excluding carboxylic acids is 1. The molecule has 0 fully saturated rings. The van der Waals surface area contributed by atoms with Gasteiger partial charge in [0.1, 0.15) is 12.3 Å². The standard InChI is InChI=1S/C18H20N4O3/c1-3-20(12-14-7-9-15(25-2)10-8-14)17(23)13-22-18(24)21-11-5-4-6-16(21)19-22/h4-11H,3,12-13H2,1-2H3. The number of pyridine rings is 1. The highest BCUT2D eigenvalue weighted by atomic mass is 16.5. The molecule has 3 rings (SSSR count). The molecule has 2 heterocycles. The molecule has 7 nitrogen and oxygen atoms in total. The smallest absolute Gasteiger partial charge is 0.350 e. The molecule has 0 unspecified atom stereocenters. The lowest BCUT2D eigenvalue weighted by atomic mass is 10.2. The third kappa shape index (κ3) is 3.55. The van der Waals surface area contributed by atoms with Gasteiger partial charge in [0, 0.05) is 19.3 Å². The first-order chi connectivity index (χ1) is 12.1.